The van der Waals surface area contributed by atoms with E-state index in [1.54, 1.807) is 7.05 Å². The van der Waals surface area contributed by atoms with Crippen LogP contribution in [0.4, 0.5) is 0 Å². The van der Waals surface area contributed by atoms with Crippen molar-refractivity contribution >= 4 is 5.96 Å². The molecule has 0 aliphatic carbocycles. The maximum atomic E-state index is 5.21. The van der Waals surface area contributed by atoms with Crippen LogP contribution in [0.3, 0.4) is 0 Å². The van der Waals surface area contributed by atoms with Crippen LogP contribution < -0.4 is 5.32 Å². The topological polar surface area (TPSA) is 82.3 Å². The first-order valence-corrected chi connectivity index (χ1v) is 9.01. The van der Waals surface area contributed by atoms with Crippen LogP contribution in [-0.2, 0) is 13.0 Å². The number of rotatable bonds is 6. The second kappa shape index (κ2) is 8.53. The highest BCUT2D eigenvalue weighted by molar-refractivity contribution is 5.79. The lowest BCUT2D eigenvalue weighted by Gasteiger charge is -2.21. The molecule has 0 saturated heterocycles. The molecule has 0 bridgehead atoms. The molecule has 3 rings (SSSR count). The predicted molar refractivity (Wildman–Crippen MR) is 107 cm³/mol. The number of hydrogen-bond donors (Lipinski definition) is 2. The molecule has 7 nitrogen and oxygen atoms in total. The molecule has 2 aromatic heterocycles. The average molecular weight is 366 g/mol. The third-order valence-electron chi connectivity index (χ3n) is 4.51. The van der Waals surface area contributed by atoms with Gasteiger partial charge in [0.2, 0.25) is 0 Å². The molecule has 0 aliphatic heterocycles. The monoisotopic (exact) mass is 366 g/mol. The summed E-state index contributed by atoms with van der Waals surface area (Å²) in [5, 5.41) is 7.38. The molecule has 0 saturated carbocycles. The van der Waals surface area contributed by atoms with Crippen molar-refractivity contribution in [3.8, 4) is 11.3 Å². The van der Waals surface area contributed by atoms with Crippen LogP contribution in [0.5, 0.6) is 0 Å². The molecule has 2 N–H and O–H groups in total. The summed E-state index contributed by atoms with van der Waals surface area (Å²) in [5.74, 6) is 2.59. The fourth-order valence-corrected chi connectivity index (χ4v) is 3.05. The Hall–Kier alpha value is -3.09. The molecule has 27 heavy (non-hydrogen) atoms. The molecule has 2 heterocycles. The van der Waals surface area contributed by atoms with Gasteiger partial charge in [-0.05, 0) is 25.8 Å². The van der Waals surface area contributed by atoms with E-state index in [1.165, 1.54) is 0 Å². The smallest absolute Gasteiger partial charge is 0.193 e. The number of aromatic nitrogens is 3. The Morgan fingerprint density at radius 2 is 2.04 bits per heavy atom. The van der Waals surface area contributed by atoms with Crippen molar-refractivity contribution < 1.29 is 4.52 Å². The lowest BCUT2D eigenvalue weighted by atomic mass is 10.1. The third kappa shape index (κ3) is 4.55. The minimum Gasteiger partial charge on any atom is -0.361 e. The number of aromatic amines is 1. The van der Waals surface area contributed by atoms with E-state index in [2.05, 4.69) is 37.6 Å². The summed E-state index contributed by atoms with van der Waals surface area (Å²) in [4.78, 5) is 14.3. The van der Waals surface area contributed by atoms with Crippen LogP contribution in [-0.4, -0.2) is 46.6 Å². The number of H-pyrrole nitrogens is 1. The van der Waals surface area contributed by atoms with E-state index in [1.807, 2.05) is 50.2 Å². The van der Waals surface area contributed by atoms with Gasteiger partial charge in [0.1, 0.15) is 11.6 Å². The number of nitrogens with zero attached hydrogens (tertiary/aromatic N) is 4. The summed E-state index contributed by atoms with van der Waals surface area (Å²) in [5.41, 5.74) is 4.24. The van der Waals surface area contributed by atoms with E-state index >= 15 is 0 Å². The minimum absolute atomic E-state index is 0.637. The molecule has 1 aromatic carbocycles. The van der Waals surface area contributed by atoms with Gasteiger partial charge in [-0.2, -0.15) is 0 Å². The van der Waals surface area contributed by atoms with Gasteiger partial charge < -0.3 is 19.7 Å². The second-order valence-electron chi connectivity index (χ2n) is 6.49. The summed E-state index contributed by atoms with van der Waals surface area (Å²) in [6.45, 7) is 5.30. The van der Waals surface area contributed by atoms with Crippen molar-refractivity contribution in [3.05, 3.63) is 59.4 Å². The molecular weight excluding hydrogens is 340 g/mol. The van der Waals surface area contributed by atoms with E-state index in [0.717, 1.165) is 53.0 Å². The summed E-state index contributed by atoms with van der Waals surface area (Å²) >= 11 is 0. The molecule has 0 amide bonds. The molecule has 0 fully saturated rings. The average Bonchev–Trinajstić information content (AvgIpc) is 3.27. The number of imidazole rings is 1. The first kappa shape index (κ1) is 18.7. The van der Waals surface area contributed by atoms with E-state index < -0.39 is 0 Å². The van der Waals surface area contributed by atoms with Crippen LogP contribution in [0.2, 0.25) is 0 Å². The number of benzene rings is 1. The van der Waals surface area contributed by atoms with Gasteiger partial charge in [0.15, 0.2) is 5.96 Å². The van der Waals surface area contributed by atoms with Crippen molar-refractivity contribution in [2.75, 3.05) is 20.6 Å². The Labute approximate surface area is 159 Å². The molecule has 7 heteroatoms. The van der Waals surface area contributed by atoms with Gasteiger partial charge in [-0.25, -0.2) is 4.98 Å². The van der Waals surface area contributed by atoms with Gasteiger partial charge in [0, 0.05) is 26.2 Å². The quantitative estimate of drug-likeness (QED) is 0.518. The van der Waals surface area contributed by atoms with Gasteiger partial charge in [0.05, 0.1) is 24.1 Å². The van der Waals surface area contributed by atoms with Crippen LogP contribution in [0.1, 0.15) is 22.8 Å². The van der Waals surface area contributed by atoms with Gasteiger partial charge in [-0.15, -0.1) is 0 Å². The van der Waals surface area contributed by atoms with Crippen molar-refractivity contribution in [3.63, 3.8) is 0 Å². The number of aryl methyl sites for hydroxylation is 2. The molecule has 0 unspecified atom stereocenters. The summed E-state index contributed by atoms with van der Waals surface area (Å²) in [6.07, 6.45) is 2.71. The summed E-state index contributed by atoms with van der Waals surface area (Å²) in [6, 6.07) is 10.2. The van der Waals surface area contributed by atoms with Crippen molar-refractivity contribution in [2.24, 2.45) is 4.99 Å². The summed E-state index contributed by atoms with van der Waals surface area (Å²) < 4.78 is 5.21. The first-order chi connectivity index (χ1) is 13.1. The van der Waals surface area contributed by atoms with Crippen LogP contribution >= 0.6 is 0 Å². The highest BCUT2D eigenvalue weighted by Crippen LogP contribution is 2.16. The van der Waals surface area contributed by atoms with Gasteiger partial charge >= 0.3 is 0 Å². The molecule has 0 spiro atoms. The fourth-order valence-electron chi connectivity index (χ4n) is 3.05. The summed E-state index contributed by atoms with van der Waals surface area (Å²) in [7, 11) is 3.78. The molecule has 0 aliphatic rings. The Kier molecular flexibility index (Phi) is 5.90. The standard InChI is InChI=1S/C20H26N6O/c1-14-17(15(2)27-25-14)10-11-22-20(21-3)26(4)13-19-23-12-18(24-19)16-8-6-5-7-9-16/h5-9,12H,10-11,13H2,1-4H3,(H,21,22)(H,23,24). The Balaban J connectivity index is 1.56. The van der Waals surface area contributed by atoms with Crippen molar-refractivity contribution in [1.29, 1.82) is 0 Å². The lowest BCUT2D eigenvalue weighted by Crippen LogP contribution is -2.39. The first-order valence-electron chi connectivity index (χ1n) is 9.01. The fraction of sp³-hybridized carbons (Fsp3) is 0.350. The zero-order valence-corrected chi connectivity index (χ0v) is 16.3. The lowest BCUT2D eigenvalue weighted by molar-refractivity contribution is 0.392. The zero-order valence-electron chi connectivity index (χ0n) is 16.3. The van der Waals surface area contributed by atoms with Crippen molar-refractivity contribution in [1.82, 2.24) is 25.3 Å². The highest BCUT2D eigenvalue weighted by atomic mass is 16.5. The second-order valence-corrected chi connectivity index (χ2v) is 6.49. The van der Waals surface area contributed by atoms with E-state index in [-0.39, 0.29) is 0 Å². The van der Waals surface area contributed by atoms with Crippen molar-refractivity contribution in [2.45, 2.75) is 26.8 Å². The molecule has 3 aromatic rings. The van der Waals surface area contributed by atoms with Gasteiger partial charge in [-0.3, -0.25) is 4.99 Å². The predicted octanol–water partition coefficient (Wildman–Crippen LogP) is 2.93. The number of guanidine groups is 1. The molecular formula is C20H26N6O. The highest BCUT2D eigenvalue weighted by Gasteiger charge is 2.12. The van der Waals surface area contributed by atoms with E-state index in [9.17, 15) is 0 Å². The van der Waals surface area contributed by atoms with Gasteiger partial charge in [0.25, 0.3) is 0 Å². The maximum absolute atomic E-state index is 5.21. The third-order valence-corrected chi connectivity index (χ3v) is 4.51. The van der Waals surface area contributed by atoms with E-state index in [4.69, 9.17) is 4.52 Å². The maximum Gasteiger partial charge on any atom is 0.193 e. The number of hydrogen-bond acceptors (Lipinski definition) is 4. The normalized spacial score (nSPS) is 11.6. The van der Waals surface area contributed by atoms with Crippen LogP contribution in [0.15, 0.2) is 46.0 Å². The van der Waals surface area contributed by atoms with E-state index in [0.29, 0.717) is 6.54 Å². The largest absolute Gasteiger partial charge is 0.361 e. The Bertz CT molecular complexity index is 877. The van der Waals surface area contributed by atoms with Crippen LogP contribution in [0, 0.1) is 13.8 Å². The Morgan fingerprint density at radius 1 is 1.26 bits per heavy atom. The Morgan fingerprint density at radius 3 is 2.70 bits per heavy atom. The molecule has 142 valence electrons. The number of aliphatic imine (C=N–C) groups is 1. The zero-order chi connectivity index (χ0) is 19.2. The SMILES string of the molecule is CN=C(NCCc1c(C)noc1C)N(C)Cc1ncc(-c2ccccc2)[nH]1. The number of nitrogens with one attached hydrogen (secondary N) is 2. The minimum atomic E-state index is 0.637. The molecule has 0 radical (unpaired) electrons. The van der Waals surface area contributed by atoms with Gasteiger partial charge in [-0.1, -0.05) is 35.5 Å². The molecule has 0 atom stereocenters. The van der Waals surface area contributed by atoms with Crippen LogP contribution in [0.25, 0.3) is 11.3 Å².